The minimum Gasteiger partial charge on any atom is -0.348 e. The van der Waals surface area contributed by atoms with E-state index in [-0.39, 0.29) is 11.7 Å². The van der Waals surface area contributed by atoms with Gasteiger partial charge in [0, 0.05) is 16.7 Å². The second kappa shape index (κ2) is 9.21. The van der Waals surface area contributed by atoms with Crippen LogP contribution in [0, 0.1) is 0 Å². The largest absolute Gasteiger partial charge is 0.348 e. The fourth-order valence-electron chi connectivity index (χ4n) is 2.33. The van der Waals surface area contributed by atoms with E-state index in [0.717, 1.165) is 10.5 Å². The third-order valence-electron chi connectivity index (χ3n) is 3.64. The zero-order chi connectivity index (χ0) is 19.2. The number of hydrogen-bond acceptors (Lipinski definition) is 4. The van der Waals surface area contributed by atoms with E-state index in [1.165, 1.54) is 7.05 Å². The first-order valence-corrected chi connectivity index (χ1v) is 10.9. The van der Waals surface area contributed by atoms with Crippen molar-refractivity contribution < 1.29 is 13.2 Å². The third-order valence-corrected chi connectivity index (χ3v) is 6.05. The summed E-state index contributed by atoms with van der Waals surface area (Å²) >= 11 is 1.66. The number of carbonyl (C=O) groups excluding carboxylic acids is 1. The van der Waals surface area contributed by atoms with Crippen molar-refractivity contribution in [3.63, 3.8) is 0 Å². The monoisotopic (exact) mass is 392 g/mol. The van der Waals surface area contributed by atoms with Gasteiger partial charge in [0.1, 0.15) is 0 Å². The maximum Gasteiger partial charge on any atom is 0.252 e. The van der Waals surface area contributed by atoms with Gasteiger partial charge in [-0.25, -0.2) is 13.1 Å². The van der Waals surface area contributed by atoms with Crippen LogP contribution in [0.25, 0.3) is 0 Å². The maximum absolute atomic E-state index is 12.5. The fraction of sp³-hybridized carbons (Fsp3) is 0.316. The smallest absolute Gasteiger partial charge is 0.252 e. The number of nitrogens with one attached hydrogen (secondary N) is 2. The molecule has 7 heteroatoms. The molecule has 0 bridgehead atoms. The molecule has 2 aromatic rings. The van der Waals surface area contributed by atoms with E-state index >= 15 is 0 Å². The van der Waals surface area contributed by atoms with Gasteiger partial charge in [-0.1, -0.05) is 50.2 Å². The van der Waals surface area contributed by atoms with E-state index < -0.39 is 10.0 Å². The molecule has 0 atom stereocenters. The summed E-state index contributed by atoms with van der Waals surface area (Å²) in [6, 6.07) is 14.8. The first-order chi connectivity index (χ1) is 12.3. The molecule has 0 unspecified atom stereocenters. The number of hydrogen-bond donors (Lipinski definition) is 2. The lowest BCUT2D eigenvalue weighted by molar-refractivity contribution is 0.0948. The molecule has 0 spiro atoms. The van der Waals surface area contributed by atoms with Gasteiger partial charge in [-0.15, -0.1) is 11.8 Å². The summed E-state index contributed by atoms with van der Waals surface area (Å²) in [5.41, 5.74) is 2.29. The Morgan fingerprint density at radius 2 is 1.65 bits per heavy atom. The molecule has 140 valence electrons. The number of benzene rings is 2. The molecule has 0 aromatic heterocycles. The Labute approximate surface area is 159 Å². The molecule has 2 aromatic carbocycles. The van der Waals surface area contributed by atoms with Crippen molar-refractivity contribution in [2.45, 2.75) is 36.3 Å². The molecule has 0 saturated heterocycles. The SMILES string of the molecule is CNS(=O)(=O)Cc1ccc(CNC(=O)c2ccccc2SC(C)C)cc1. The first-order valence-electron chi connectivity index (χ1n) is 8.33. The number of sulfonamides is 1. The van der Waals surface area contributed by atoms with Gasteiger partial charge in [0.15, 0.2) is 0 Å². The van der Waals surface area contributed by atoms with E-state index in [0.29, 0.717) is 22.9 Å². The molecular weight excluding hydrogens is 368 g/mol. The summed E-state index contributed by atoms with van der Waals surface area (Å²) in [7, 11) is -1.89. The lowest BCUT2D eigenvalue weighted by Gasteiger charge is -2.12. The first kappa shape index (κ1) is 20.5. The summed E-state index contributed by atoms with van der Waals surface area (Å²) in [6.45, 7) is 4.57. The molecule has 0 aliphatic carbocycles. The van der Waals surface area contributed by atoms with Crippen molar-refractivity contribution in [2.24, 2.45) is 0 Å². The summed E-state index contributed by atoms with van der Waals surface area (Å²) < 4.78 is 25.4. The van der Waals surface area contributed by atoms with Crippen molar-refractivity contribution in [1.82, 2.24) is 10.0 Å². The maximum atomic E-state index is 12.5. The van der Waals surface area contributed by atoms with Crippen LogP contribution in [0.3, 0.4) is 0 Å². The van der Waals surface area contributed by atoms with Gasteiger partial charge in [-0.3, -0.25) is 4.79 Å². The zero-order valence-corrected chi connectivity index (χ0v) is 16.8. The van der Waals surface area contributed by atoms with Gasteiger partial charge in [0.25, 0.3) is 5.91 Å². The second-order valence-electron chi connectivity index (χ2n) is 6.13. The van der Waals surface area contributed by atoms with Crippen LogP contribution in [-0.2, 0) is 22.3 Å². The highest BCUT2D eigenvalue weighted by Crippen LogP contribution is 2.26. The Balaban J connectivity index is 2.00. The predicted molar refractivity (Wildman–Crippen MR) is 107 cm³/mol. The topological polar surface area (TPSA) is 75.3 Å². The van der Waals surface area contributed by atoms with Crippen molar-refractivity contribution in [3.05, 3.63) is 65.2 Å². The van der Waals surface area contributed by atoms with Crippen LogP contribution < -0.4 is 10.0 Å². The number of thioether (sulfide) groups is 1. The zero-order valence-electron chi connectivity index (χ0n) is 15.2. The average molecular weight is 393 g/mol. The van der Waals surface area contributed by atoms with E-state index in [1.54, 1.807) is 23.9 Å². The minimum atomic E-state index is -3.28. The van der Waals surface area contributed by atoms with Gasteiger partial charge < -0.3 is 5.32 Å². The van der Waals surface area contributed by atoms with Crippen molar-refractivity contribution in [1.29, 1.82) is 0 Å². The highest BCUT2D eigenvalue weighted by molar-refractivity contribution is 8.00. The van der Waals surface area contributed by atoms with Gasteiger partial charge in [0.2, 0.25) is 10.0 Å². The van der Waals surface area contributed by atoms with Gasteiger partial charge >= 0.3 is 0 Å². The quantitative estimate of drug-likeness (QED) is 0.677. The molecule has 26 heavy (non-hydrogen) atoms. The summed E-state index contributed by atoms with van der Waals surface area (Å²) in [5.74, 6) is -0.175. The van der Waals surface area contributed by atoms with Gasteiger partial charge in [-0.2, -0.15) is 0 Å². The van der Waals surface area contributed by atoms with Crippen LogP contribution in [0.4, 0.5) is 0 Å². The molecule has 1 amide bonds. The molecule has 2 rings (SSSR count). The van der Waals surface area contributed by atoms with Crippen LogP contribution in [0.1, 0.15) is 35.3 Å². The Morgan fingerprint density at radius 3 is 2.27 bits per heavy atom. The normalized spacial score (nSPS) is 11.5. The fourth-order valence-corrected chi connectivity index (χ4v) is 4.06. The van der Waals surface area contributed by atoms with E-state index in [9.17, 15) is 13.2 Å². The molecular formula is C19H24N2O3S2. The molecule has 0 heterocycles. The van der Waals surface area contributed by atoms with Crippen LogP contribution >= 0.6 is 11.8 Å². The van der Waals surface area contributed by atoms with Crippen molar-refractivity contribution in [2.75, 3.05) is 7.05 Å². The summed E-state index contributed by atoms with van der Waals surface area (Å²) in [4.78, 5) is 13.5. The molecule has 0 aliphatic heterocycles. The van der Waals surface area contributed by atoms with Gasteiger partial charge in [-0.05, 0) is 30.3 Å². The number of carbonyl (C=O) groups is 1. The summed E-state index contributed by atoms with van der Waals surface area (Å²) in [6.07, 6.45) is 0. The Hall–Kier alpha value is -1.83. The summed E-state index contributed by atoms with van der Waals surface area (Å²) in [5, 5.41) is 3.32. The predicted octanol–water partition coefficient (Wildman–Crippen LogP) is 3.17. The third kappa shape index (κ3) is 6.16. The minimum absolute atomic E-state index is 0.0596. The lowest BCUT2D eigenvalue weighted by Crippen LogP contribution is -2.23. The molecule has 0 fully saturated rings. The molecule has 5 nitrogen and oxygen atoms in total. The van der Waals surface area contributed by atoms with Gasteiger partial charge in [0.05, 0.1) is 11.3 Å². The van der Waals surface area contributed by atoms with E-state index in [4.69, 9.17) is 0 Å². The highest BCUT2D eigenvalue weighted by Gasteiger charge is 2.12. The molecule has 0 radical (unpaired) electrons. The number of amides is 1. The van der Waals surface area contributed by atoms with Crippen LogP contribution in [0.5, 0.6) is 0 Å². The lowest BCUT2D eigenvalue weighted by atomic mass is 10.1. The Kier molecular flexibility index (Phi) is 7.25. The van der Waals surface area contributed by atoms with E-state index in [1.807, 2.05) is 36.4 Å². The number of rotatable bonds is 8. The molecule has 2 N–H and O–H groups in total. The van der Waals surface area contributed by atoms with Crippen LogP contribution in [0.15, 0.2) is 53.4 Å². The average Bonchev–Trinajstić information content (AvgIpc) is 2.60. The highest BCUT2D eigenvalue weighted by atomic mass is 32.2. The van der Waals surface area contributed by atoms with Crippen molar-refractivity contribution in [3.8, 4) is 0 Å². The Bertz CT molecular complexity index is 847. The second-order valence-corrected chi connectivity index (χ2v) is 9.67. The molecule has 0 aliphatic rings. The van der Waals surface area contributed by atoms with Crippen molar-refractivity contribution >= 4 is 27.7 Å². The molecule has 0 saturated carbocycles. The van der Waals surface area contributed by atoms with E-state index in [2.05, 4.69) is 23.9 Å². The van der Waals surface area contributed by atoms with Crippen LogP contribution in [0.2, 0.25) is 0 Å². The standard InChI is InChI=1S/C19H24N2O3S2/c1-14(2)25-18-7-5-4-6-17(18)19(22)21-12-15-8-10-16(11-9-15)13-26(23,24)20-3/h4-11,14,20H,12-13H2,1-3H3,(H,21,22). The van der Waals surface area contributed by atoms with Crippen LogP contribution in [-0.4, -0.2) is 26.6 Å². The Morgan fingerprint density at radius 1 is 1.04 bits per heavy atom.